The predicted octanol–water partition coefficient (Wildman–Crippen LogP) is 2.28. The Morgan fingerprint density at radius 2 is 1.88 bits per heavy atom. The van der Waals surface area contributed by atoms with Crippen LogP contribution in [-0.2, 0) is 0 Å². The van der Waals surface area contributed by atoms with Gasteiger partial charge in [-0.2, -0.15) is 5.10 Å². The fourth-order valence-electron chi connectivity index (χ4n) is 1.17. The Kier molecular flexibility index (Phi) is 4.92. The molecule has 3 nitrogen and oxygen atoms in total. The van der Waals surface area contributed by atoms with E-state index in [4.69, 9.17) is 12.2 Å². The number of nitrogens with zero attached hydrogens (tertiary/aromatic N) is 1. The van der Waals surface area contributed by atoms with E-state index >= 15 is 0 Å². The normalized spacial score (nSPS) is 11.4. The van der Waals surface area contributed by atoms with Crippen LogP contribution in [0.2, 0.25) is 0 Å². The highest BCUT2D eigenvalue weighted by molar-refractivity contribution is 7.80. The molecule has 0 aliphatic rings. The molecule has 0 saturated carbocycles. The topological polar surface area (TPSA) is 36.4 Å². The molecule has 0 aromatic heterocycles. The third-order valence-electron chi connectivity index (χ3n) is 1.94. The lowest BCUT2D eigenvalue weighted by atomic mass is 10.1. The minimum Gasteiger partial charge on any atom is -0.359 e. The first-order valence-electron chi connectivity index (χ1n) is 5.26. The standard InChI is InChI=1S/C12H17N3S/c1-9(2)13-12(16)15-14-10(3)11-7-5-4-6-8-11/h4-9H,1-3H3,(H2,13,15,16). The molecule has 0 fully saturated rings. The van der Waals surface area contributed by atoms with Gasteiger partial charge in [0.15, 0.2) is 5.11 Å². The second-order valence-electron chi connectivity index (χ2n) is 3.80. The number of hydrazone groups is 1. The van der Waals surface area contributed by atoms with Crippen molar-refractivity contribution in [3.63, 3.8) is 0 Å². The van der Waals surface area contributed by atoms with Gasteiger partial charge < -0.3 is 5.32 Å². The van der Waals surface area contributed by atoms with Gasteiger partial charge in [-0.3, -0.25) is 5.43 Å². The molecule has 0 spiro atoms. The number of benzene rings is 1. The molecule has 86 valence electrons. The van der Waals surface area contributed by atoms with Gasteiger partial charge in [-0.15, -0.1) is 0 Å². The number of rotatable bonds is 3. The summed E-state index contributed by atoms with van der Waals surface area (Å²) in [6.07, 6.45) is 0. The fourth-order valence-corrected chi connectivity index (χ4v) is 1.45. The summed E-state index contributed by atoms with van der Waals surface area (Å²) < 4.78 is 0. The van der Waals surface area contributed by atoms with Gasteiger partial charge in [0.25, 0.3) is 0 Å². The molecule has 0 aliphatic carbocycles. The lowest BCUT2D eigenvalue weighted by Crippen LogP contribution is -2.37. The zero-order valence-corrected chi connectivity index (χ0v) is 10.6. The van der Waals surface area contributed by atoms with E-state index in [0.717, 1.165) is 11.3 Å². The van der Waals surface area contributed by atoms with Crippen molar-refractivity contribution in [2.75, 3.05) is 0 Å². The second kappa shape index (κ2) is 6.23. The van der Waals surface area contributed by atoms with E-state index in [1.165, 1.54) is 0 Å². The SMILES string of the molecule is CC(=NNC(=S)NC(C)C)c1ccccc1. The van der Waals surface area contributed by atoms with E-state index in [-0.39, 0.29) is 0 Å². The van der Waals surface area contributed by atoms with Crippen molar-refractivity contribution in [3.8, 4) is 0 Å². The second-order valence-corrected chi connectivity index (χ2v) is 4.21. The van der Waals surface area contributed by atoms with Crippen molar-refractivity contribution in [2.45, 2.75) is 26.8 Å². The molecule has 16 heavy (non-hydrogen) atoms. The van der Waals surface area contributed by atoms with Crippen molar-refractivity contribution in [3.05, 3.63) is 35.9 Å². The Morgan fingerprint density at radius 1 is 1.25 bits per heavy atom. The zero-order chi connectivity index (χ0) is 12.0. The van der Waals surface area contributed by atoms with Gasteiger partial charge in [-0.1, -0.05) is 30.3 Å². The Balaban J connectivity index is 2.55. The van der Waals surface area contributed by atoms with E-state index in [0.29, 0.717) is 11.2 Å². The first-order valence-corrected chi connectivity index (χ1v) is 5.66. The highest BCUT2D eigenvalue weighted by atomic mass is 32.1. The van der Waals surface area contributed by atoms with Crippen LogP contribution in [0.3, 0.4) is 0 Å². The first kappa shape index (κ1) is 12.6. The maximum Gasteiger partial charge on any atom is 0.187 e. The van der Waals surface area contributed by atoms with Crippen LogP contribution in [0.5, 0.6) is 0 Å². The molecular weight excluding hydrogens is 218 g/mol. The largest absolute Gasteiger partial charge is 0.359 e. The fraction of sp³-hybridized carbons (Fsp3) is 0.333. The Bertz CT molecular complexity index is 371. The summed E-state index contributed by atoms with van der Waals surface area (Å²) in [6.45, 7) is 6.00. The maximum absolute atomic E-state index is 5.07. The van der Waals surface area contributed by atoms with Crippen molar-refractivity contribution in [2.24, 2.45) is 5.10 Å². The molecule has 0 unspecified atom stereocenters. The van der Waals surface area contributed by atoms with Gasteiger partial charge in [-0.05, 0) is 38.6 Å². The van der Waals surface area contributed by atoms with Gasteiger partial charge in [0.1, 0.15) is 0 Å². The lowest BCUT2D eigenvalue weighted by Gasteiger charge is -2.10. The van der Waals surface area contributed by atoms with Crippen molar-refractivity contribution < 1.29 is 0 Å². The average molecular weight is 235 g/mol. The first-order chi connectivity index (χ1) is 7.59. The van der Waals surface area contributed by atoms with Crippen LogP contribution in [0.4, 0.5) is 0 Å². The van der Waals surface area contributed by atoms with Crippen LogP contribution in [0.25, 0.3) is 0 Å². The van der Waals surface area contributed by atoms with Crippen LogP contribution < -0.4 is 10.7 Å². The summed E-state index contributed by atoms with van der Waals surface area (Å²) in [4.78, 5) is 0. The van der Waals surface area contributed by atoms with E-state index in [1.54, 1.807) is 0 Å². The molecule has 0 amide bonds. The summed E-state index contributed by atoms with van der Waals surface area (Å²) in [5, 5.41) is 7.82. The summed E-state index contributed by atoms with van der Waals surface area (Å²) in [5.41, 5.74) is 4.82. The third-order valence-corrected chi connectivity index (χ3v) is 2.15. The molecular formula is C12H17N3S. The van der Waals surface area contributed by atoms with Gasteiger partial charge >= 0.3 is 0 Å². The maximum atomic E-state index is 5.07. The number of hydrogen-bond donors (Lipinski definition) is 2. The molecule has 0 bridgehead atoms. The Morgan fingerprint density at radius 3 is 2.44 bits per heavy atom. The van der Waals surface area contributed by atoms with Crippen LogP contribution in [0.15, 0.2) is 35.4 Å². The third kappa shape index (κ3) is 4.40. The van der Waals surface area contributed by atoms with Gasteiger partial charge in [0, 0.05) is 6.04 Å². The van der Waals surface area contributed by atoms with Crippen LogP contribution in [0.1, 0.15) is 26.3 Å². The van der Waals surface area contributed by atoms with Crippen molar-refractivity contribution in [1.29, 1.82) is 0 Å². The lowest BCUT2D eigenvalue weighted by molar-refractivity contribution is 0.719. The van der Waals surface area contributed by atoms with Gasteiger partial charge in [0.2, 0.25) is 0 Å². The highest BCUT2D eigenvalue weighted by Crippen LogP contribution is 1.99. The van der Waals surface area contributed by atoms with Crippen LogP contribution >= 0.6 is 12.2 Å². The molecule has 1 aromatic carbocycles. The van der Waals surface area contributed by atoms with E-state index in [2.05, 4.69) is 15.8 Å². The number of hydrogen-bond acceptors (Lipinski definition) is 2. The summed E-state index contributed by atoms with van der Waals surface area (Å²) >= 11 is 5.07. The number of thiocarbonyl (C=S) groups is 1. The van der Waals surface area contributed by atoms with E-state index in [1.807, 2.05) is 51.1 Å². The molecule has 0 atom stereocenters. The van der Waals surface area contributed by atoms with E-state index in [9.17, 15) is 0 Å². The van der Waals surface area contributed by atoms with Crippen molar-refractivity contribution >= 4 is 23.0 Å². The molecule has 0 saturated heterocycles. The molecule has 0 heterocycles. The highest BCUT2D eigenvalue weighted by Gasteiger charge is 1.98. The minimum absolute atomic E-state index is 0.312. The molecule has 4 heteroatoms. The smallest absolute Gasteiger partial charge is 0.187 e. The van der Waals surface area contributed by atoms with Crippen molar-refractivity contribution in [1.82, 2.24) is 10.7 Å². The number of nitrogens with one attached hydrogen (secondary N) is 2. The molecule has 1 rings (SSSR count). The average Bonchev–Trinajstić information content (AvgIpc) is 2.26. The van der Waals surface area contributed by atoms with Crippen LogP contribution in [-0.4, -0.2) is 16.9 Å². The van der Waals surface area contributed by atoms with E-state index < -0.39 is 0 Å². The summed E-state index contributed by atoms with van der Waals surface area (Å²) in [5.74, 6) is 0. The predicted molar refractivity (Wildman–Crippen MR) is 72.7 cm³/mol. The quantitative estimate of drug-likeness (QED) is 0.479. The minimum atomic E-state index is 0.312. The molecule has 0 radical (unpaired) electrons. The van der Waals surface area contributed by atoms with Gasteiger partial charge in [0.05, 0.1) is 5.71 Å². The Labute approximate surface area is 102 Å². The molecule has 1 aromatic rings. The summed E-state index contributed by atoms with van der Waals surface area (Å²) in [7, 11) is 0. The van der Waals surface area contributed by atoms with Gasteiger partial charge in [-0.25, -0.2) is 0 Å². The molecule has 0 aliphatic heterocycles. The molecule has 2 N–H and O–H groups in total. The summed E-state index contributed by atoms with van der Waals surface area (Å²) in [6, 6.07) is 10.3. The van der Waals surface area contributed by atoms with Crippen LogP contribution in [0, 0.1) is 0 Å². The Hall–Kier alpha value is -1.42. The zero-order valence-electron chi connectivity index (χ0n) is 9.82. The monoisotopic (exact) mass is 235 g/mol.